The number of nitrogens with zero attached hydrogens (tertiary/aromatic N) is 5. The molecule has 0 bridgehead atoms. The summed E-state index contributed by atoms with van der Waals surface area (Å²) in [5.74, 6) is 1.70. The molecule has 0 aromatic carbocycles. The summed E-state index contributed by atoms with van der Waals surface area (Å²) in [6, 6.07) is 3.96. The number of hydrogen-bond acceptors (Lipinski definition) is 6. The third kappa shape index (κ3) is 3.83. The molecule has 2 aromatic rings. The van der Waals surface area contributed by atoms with Gasteiger partial charge in [0.15, 0.2) is 11.5 Å². The molecule has 0 saturated carbocycles. The highest BCUT2D eigenvalue weighted by Crippen LogP contribution is 2.23. The van der Waals surface area contributed by atoms with Gasteiger partial charge in [-0.2, -0.15) is 4.52 Å². The molecule has 1 atom stereocenters. The minimum absolute atomic E-state index is 0.0632. The van der Waals surface area contributed by atoms with Crippen LogP contribution in [0.5, 0.6) is 0 Å². The lowest BCUT2D eigenvalue weighted by Gasteiger charge is -2.33. The van der Waals surface area contributed by atoms with E-state index in [0.717, 1.165) is 36.7 Å². The Morgan fingerprint density at radius 2 is 2.16 bits per heavy atom. The molecule has 1 unspecified atom stereocenters. The Labute approximate surface area is 147 Å². The molecular formula is C17H26N6O2. The summed E-state index contributed by atoms with van der Waals surface area (Å²) in [6.45, 7) is 10.1. The molecule has 3 rings (SSSR count). The third-order valence-electron chi connectivity index (χ3n) is 4.26. The molecule has 0 spiro atoms. The zero-order valence-corrected chi connectivity index (χ0v) is 15.3. The van der Waals surface area contributed by atoms with Crippen molar-refractivity contribution in [1.29, 1.82) is 0 Å². The van der Waals surface area contributed by atoms with E-state index in [2.05, 4.69) is 41.2 Å². The second kappa shape index (κ2) is 6.85. The number of anilines is 1. The van der Waals surface area contributed by atoms with Gasteiger partial charge in [-0.1, -0.05) is 20.8 Å². The summed E-state index contributed by atoms with van der Waals surface area (Å²) in [6.07, 6.45) is 1.58. The van der Waals surface area contributed by atoms with Crippen molar-refractivity contribution in [3.05, 3.63) is 18.0 Å². The Kier molecular flexibility index (Phi) is 4.78. The van der Waals surface area contributed by atoms with Crippen molar-refractivity contribution in [2.24, 2.45) is 0 Å². The molecule has 1 aliphatic rings. The van der Waals surface area contributed by atoms with Gasteiger partial charge in [-0.25, -0.2) is 4.79 Å². The minimum atomic E-state index is -0.355. The summed E-state index contributed by atoms with van der Waals surface area (Å²) in [5.41, 5.74) is 0.605. The van der Waals surface area contributed by atoms with Crippen LogP contribution in [0.1, 0.15) is 46.4 Å². The number of hydrogen-bond donors (Lipinski definition) is 1. The Hall–Kier alpha value is -2.38. The van der Waals surface area contributed by atoms with E-state index in [1.807, 2.05) is 16.6 Å². The molecule has 0 radical (unpaired) electrons. The summed E-state index contributed by atoms with van der Waals surface area (Å²) in [4.78, 5) is 13.8. The van der Waals surface area contributed by atoms with E-state index >= 15 is 0 Å². The summed E-state index contributed by atoms with van der Waals surface area (Å²) in [7, 11) is 0. The molecule has 1 N–H and O–H groups in total. The lowest BCUT2D eigenvalue weighted by molar-refractivity contribution is 0.146. The molecule has 0 aliphatic carbocycles. The van der Waals surface area contributed by atoms with E-state index < -0.39 is 0 Å². The Morgan fingerprint density at radius 1 is 1.36 bits per heavy atom. The largest absolute Gasteiger partial charge is 0.450 e. The van der Waals surface area contributed by atoms with E-state index in [0.29, 0.717) is 13.2 Å². The maximum absolute atomic E-state index is 11.7. The van der Waals surface area contributed by atoms with Gasteiger partial charge in [0.25, 0.3) is 0 Å². The fraction of sp³-hybridized carbons (Fsp3) is 0.647. The van der Waals surface area contributed by atoms with Crippen LogP contribution in [0.15, 0.2) is 12.1 Å². The fourth-order valence-corrected chi connectivity index (χ4v) is 3.06. The van der Waals surface area contributed by atoms with Gasteiger partial charge in [-0.3, -0.25) is 0 Å². The number of fused-ring (bicyclic) bond motifs is 1. The lowest BCUT2D eigenvalue weighted by Crippen LogP contribution is -2.48. The number of carbonyl (C=O) groups is 1. The van der Waals surface area contributed by atoms with E-state index in [1.54, 1.807) is 6.92 Å². The van der Waals surface area contributed by atoms with Gasteiger partial charge >= 0.3 is 6.09 Å². The van der Waals surface area contributed by atoms with E-state index in [4.69, 9.17) is 9.84 Å². The Morgan fingerprint density at radius 3 is 2.88 bits per heavy atom. The molecule has 1 fully saturated rings. The average molecular weight is 346 g/mol. The van der Waals surface area contributed by atoms with Crippen LogP contribution >= 0.6 is 0 Å². The van der Waals surface area contributed by atoms with Gasteiger partial charge in [-0.15, -0.1) is 15.3 Å². The van der Waals surface area contributed by atoms with Crippen LogP contribution in [0.25, 0.3) is 5.65 Å². The normalized spacial score (nSPS) is 18.4. The van der Waals surface area contributed by atoms with Crippen molar-refractivity contribution >= 4 is 17.6 Å². The second-order valence-electron chi connectivity index (χ2n) is 7.39. The lowest BCUT2D eigenvalue weighted by atomic mass is 9.96. The average Bonchev–Trinajstić information content (AvgIpc) is 2.98. The number of piperidine rings is 1. The molecular weight excluding hydrogens is 320 g/mol. The molecule has 1 aliphatic heterocycles. The van der Waals surface area contributed by atoms with Crippen molar-refractivity contribution in [3.63, 3.8) is 0 Å². The van der Waals surface area contributed by atoms with Crippen molar-refractivity contribution in [2.45, 2.75) is 52.0 Å². The molecule has 1 saturated heterocycles. The third-order valence-corrected chi connectivity index (χ3v) is 4.26. The quantitative estimate of drug-likeness (QED) is 0.916. The fourth-order valence-electron chi connectivity index (χ4n) is 3.06. The smallest absolute Gasteiger partial charge is 0.407 e. The van der Waals surface area contributed by atoms with Crippen molar-refractivity contribution < 1.29 is 9.53 Å². The maximum atomic E-state index is 11.7. The highest BCUT2D eigenvalue weighted by Gasteiger charge is 2.25. The maximum Gasteiger partial charge on any atom is 0.407 e. The van der Waals surface area contributed by atoms with Gasteiger partial charge in [0.05, 0.1) is 6.61 Å². The van der Waals surface area contributed by atoms with E-state index in [1.165, 1.54) is 0 Å². The van der Waals surface area contributed by atoms with Crippen LogP contribution in [0.4, 0.5) is 10.6 Å². The Bertz CT molecular complexity index is 751. The first-order chi connectivity index (χ1) is 11.9. The molecule has 3 heterocycles. The molecule has 25 heavy (non-hydrogen) atoms. The zero-order valence-electron chi connectivity index (χ0n) is 15.3. The first-order valence-electron chi connectivity index (χ1n) is 8.79. The summed E-state index contributed by atoms with van der Waals surface area (Å²) in [5, 5.41) is 16.2. The van der Waals surface area contributed by atoms with Gasteiger partial charge < -0.3 is 15.0 Å². The second-order valence-corrected chi connectivity index (χ2v) is 7.39. The van der Waals surface area contributed by atoms with Gasteiger partial charge in [0.1, 0.15) is 5.82 Å². The number of nitrogens with one attached hydrogen (secondary N) is 1. The van der Waals surface area contributed by atoms with Crippen molar-refractivity contribution in [1.82, 2.24) is 25.1 Å². The Balaban J connectivity index is 1.80. The topological polar surface area (TPSA) is 84.6 Å². The summed E-state index contributed by atoms with van der Waals surface area (Å²) < 4.78 is 6.80. The predicted molar refractivity (Wildman–Crippen MR) is 94.9 cm³/mol. The highest BCUT2D eigenvalue weighted by atomic mass is 16.5. The number of ether oxygens (including phenoxy) is 1. The van der Waals surface area contributed by atoms with Crippen molar-refractivity contribution in [3.8, 4) is 0 Å². The molecule has 136 valence electrons. The first-order valence-corrected chi connectivity index (χ1v) is 8.79. The van der Waals surface area contributed by atoms with E-state index in [9.17, 15) is 4.79 Å². The molecule has 2 aromatic heterocycles. The SMILES string of the molecule is CCOC(=O)NC1CCCN(c2ccc3nnc(C(C)(C)C)n3n2)C1. The summed E-state index contributed by atoms with van der Waals surface area (Å²) >= 11 is 0. The number of amides is 1. The zero-order chi connectivity index (χ0) is 18.0. The molecule has 8 nitrogen and oxygen atoms in total. The first kappa shape index (κ1) is 17.4. The minimum Gasteiger partial charge on any atom is -0.450 e. The highest BCUT2D eigenvalue weighted by molar-refractivity contribution is 5.67. The number of alkyl carbamates (subject to hydrolysis) is 1. The standard InChI is InChI=1S/C17H26N6O2/c1-5-25-16(24)18-12-7-6-10-22(11-12)14-9-8-13-19-20-15(17(2,3)4)23(13)21-14/h8-9,12H,5-7,10-11H2,1-4H3,(H,18,24). The molecule has 1 amide bonds. The van der Waals surface area contributed by atoms with E-state index in [-0.39, 0.29) is 17.6 Å². The monoisotopic (exact) mass is 346 g/mol. The number of rotatable bonds is 3. The van der Waals surface area contributed by atoms with Crippen LogP contribution in [0.2, 0.25) is 0 Å². The van der Waals surface area contributed by atoms with Crippen LogP contribution in [0, 0.1) is 0 Å². The van der Waals surface area contributed by atoms with Crippen molar-refractivity contribution in [2.75, 3.05) is 24.6 Å². The van der Waals surface area contributed by atoms with Gasteiger partial charge in [0.2, 0.25) is 0 Å². The van der Waals surface area contributed by atoms with Crippen LogP contribution in [0.3, 0.4) is 0 Å². The predicted octanol–water partition coefficient (Wildman–Crippen LogP) is 2.14. The van der Waals surface area contributed by atoms with Crippen LogP contribution in [-0.2, 0) is 10.2 Å². The van der Waals surface area contributed by atoms with Crippen LogP contribution < -0.4 is 10.2 Å². The molecule has 8 heteroatoms. The van der Waals surface area contributed by atoms with Gasteiger partial charge in [-0.05, 0) is 31.9 Å². The van der Waals surface area contributed by atoms with Gasteiger partial charge in [0, 0.05) is 24.5 Å². The number of carbonyl (C=O) groups excluding carboxylic acids is 1. The van der Waals surface area contributed by atoms with Crippen LogP contribution in [-0.4, -0.2) is 51.6 Å². The number of aromatic nitrogens is 4.